The molecule has 0 aliphatic carbocycles. The van der Waals surface area contributed by atoms with E-state index in [1.165, 1.54) is 7.11 Å². The lowest BCUT2D eigenvalue weighted by atomic mass is 9.96. The standard InChI is InChI=1S/C16H32N2O3S/c1-10(2)12(14(19)18(7)11(3)4)9-22-16(5,6)13(17)15(20)21-8/h10-13H,9,17H2,1-8H3/t12-,13?/m0/s1. The Labute approximate surface area is 139 Å². The lowest BCUT2D eigenvalue weighted by Crippen LogP contribution is -2.48. The summed E-state index contributed by atoms with van der Waals surface area (Å²) in [5.74, 6) is 0.475. The van der Waals surface area contributed by atoms with E-state index in [1.807, 2.05) is 48.6 Å². The summed E-state index contributed by atoms with van der Waals surface area (Å²) in [4.78, 5) is 26.0. The molecule has 6 heteroatoms. The molecule has 0 aliphatic rings. The van der Waals surface area contributed by atoms with Gasteiger partial charge in [0.15, 0.2) is 0 Å². The smallest absolute Gasteiger partial charge is 0.324 e. The van der Waals surface area contributed by atoms with Crippen LogP contribution in [0, 0.1) is 11.8 Å². The van der Waals surface area contributed by atoms with Gasteiger partial charge in [0.2, 0.25) is 5.91 Å². The van der Waals surface area contributed by atoms with Gasteiger partial charge in [-0.15, -0.1) is 0 Å². The Balaban J connectivity index is 4.92. The van der Waals surface area contributed by atoms with Crippen molar-refractivity contribution in [2.45, 2.75) is 58.4 Å². The molecule has 0 saturated heterocycles. The predicted octanol–water partition coefficient (Wildman–Crippen LogP) is 2.14. The fraction of sp³-hybridized carbons (Fsp3) is 0.875. The molecule has 0 aromatic rings. The van der Waals surface area contributed by atoms with Crippen molar-refractivity contribution in [3.05, 3.63) is 0 Å². The normalized spacial score (nSPS) is 14.9. The number of nitrogens with zero attached hydrogens (tertiary/aromatic N) is 1. The molecule has 130 valence electrons. The molecule has 0 aromatic carbocycles. The molecule has 0 rings (SSSR count). The van der Waals surface area contributed by atoms with Gasteiger partial charge in [-0.05, 0) is 33.6 Å². The van der Waals surface area contributed by atoms with Crippen LogP contribution in [-0.2, 0) is 14.3 Å². The second-order valence-corrected chi connectivity index (χ2v) is 8.48. The SMILES string of the molecule is COC(=O)C(N)C(C)(C)SC[C@H](C(=O)N(C)C(C)C)C(C)C. The fourth-order valence-electron chi connectivity index (χ4n) is 1.87. The second-order valence-electron chi connectivity index (χ2n) is 6.81. The van der Waals surface area contributed by atoms with Gasteiger partial charge >= 0.3 is 5.97 Å². The van der Waals surface area contributed by atoms with E-state index < -0.39 is 16.8 Å². The zero-order valence-electron chi connectivity index (χ0n) is 15.2. The third-order valence-corrected chi connectivity index (χ3v) is 5.61. The minimum atomic E-state index is -0.715. The zero-order chi connectivity index (χ0) is 17.7. The minimum Gasteiger partial charge on any atom is -0.468 e. The first-order valence-corrected chi connectivity index (χ1v) is 8.68. The summed E-state index contributed by atoms with van der Waals surface area (Å²) in [5, 5.41) is 0. The molecule has 1 amide bonds. The number of carbonyl (C=O) groups is 2. The van der Waals surface area contributed by atoms with Gasteiger partial charge in [-0.2, -0.15) is 11.8 Å². The van der Waals surface area contributed by atoms with Gasteiger partial charge in [-0.1, -0.05) is 13.8 Å². The number of hydrogen-bond acceptors (Lipinski definition) is 5. The fourth-order valence-corrected chi connectivity index (χ4v) is 3.28. The van der Waals surface area contributed by atoms with E-state index in [4.69, 9.17) is 10.5 Å². The van der Waals surface area contributed by atoms with Crippen molar-refractivity contribution < 1.29 is 14.3 Å². The van der Waals surface area contributed by atoms with Gasteiger partial charge < -0.3 is 15.4 Å². The van der Waals surface area contributed by atoms with E-state index in [-0.39, 0.29) is 23.8 Å². The van der Waals surface area contributed by atoms with E-state index in [1.54, 1.807) is 16.7 Å². The molecule has 2 N–H and O–H groups in total. The lowest BCUT2D eigenvalue weighted by molar-refractivity contribution is -0.142. The number of hydrogen-bond donors (Lipinski definition) is 1. The third kappa shape index (κ3) is 5.80. The van der Waals surface area contributed by atoms with Crippen LogP contribution in [0.4, 0.5) is 0 Å². The van der Waals surface area contributed by atoms with E-state index >= 15 is 0 Å². The Kier molecular flexibility index (Phi) is 8.47. The first-order valence-electron chi connectivity index (χ1n) is 7.69. The van der Waals surface area contributed by atoms with Crippen LogP contribution in [0.3, 0.4) is 0 Å². The molecule has 0 aliphatic heterocycles. The van der Waals surface area contributed by atoms with Crippen molar-refractivity contribution in [1.82, 2.24) is 4.90 Å². The monoisotopic (exact) mass is 332 g/mol. The van der Waals surface area contributed by atoms with Crippen LogP contribution in [-0.4, -0.2) is 53.5 Å². The van der Waals surface area contributed by atoms with Crippen LogP contribution in [0.1, 0.15) is 41.5 Å². The number of methoxy groups -OCH3 is 1. The van der Waals surface area contributed by atoms with E-state index in [0.717, 1.165) is 0 Å². The van der Waals surface area contributed by atoms with Crippen LogP contribution >= 0.6 is 11.8 Å². The van der Waals surface area contributed by atoms with E-state index in [2.05, 4.69) is 0 Å². The highest BCUT2D eigenvalue weighted by atomic mass is 32.2. The number of ether oxygens (including phenoxy) is 1. The molecule has 0 saturated carbocycles. The number of rotatable bonds is 8. The summed E-state index contributed by atoms with van der Waals surface area (Å²) in [6.45, 7) is 11.9. The Hall–Kier alpha value is -0.750. The maximum atomic E-state index is 12.6. The number of esters is 1. The van der Waals surface area contributed by atoms with E-state index in [9.17, 15) is 9.59 Å². The highest BCUT2D eigenvalue weighted by Gasteiger charge is 2.36. The van der Waals surface area contributed by atoms with Crippen LogP contribution < -0.4 is 5.73 Å². The number of carbonyl (C=O) groups excluding carboxylic acids is 2. The number of thioether (sulfide) groups is 1. The van der Waals surface area contributed by atoms with Crippen LogP contribution in [0.25, 0.3) is 0 Å². The van der Waals surface area contributed by atoms with Gasteiger partial charge in [-0.3, -0.25) is 9.59 Å². The average Bonchev–Trinajstić information content (AvgIpc) is 2.43. The average molecular weight is 333 g/mol. The van der Waals surface area contributed by atoms with Crippen molar-refractivity contribution in [1.29, 1.82) is 0 Å². The first kappa shape index (κ1) is 21.2. The van der Waals surface area contributed by atoms with Crippen molar-refractivity contribution in [3.8, 4) is 0 Å². The van der Waals surface area contributed by atoms with Crippen LogP contribution in [0.5, 0.6) is 0 Å². The molecule has 0 fully saturated rings. The first-order chi connectivity index (χ1) is 9.95. The van der Waals surface area contributed by atoms with Gasteiger partial charge in [0, 0.05) is 29.5 Å². The number of nitrogens with two attached hydrogens (primary N) is 1. The number of amides is 1. The Bertz CT molecular complexity index is 384. The van der Waals surface area contributed by atoms with Gasteiger partial charge in [0.1, 0.15) is 6.04 Å². The van der Waals surface area contributed by atoms with Crippen LogP contribution in [0.2, 0.25) is 0 Å². The molecule has 2 atom stereocenters. The molecule has 0 radical (unpaired) electrons. The Morgan fingerprint density at radius 3 is 2.09 bits per heavy atom. The van der Waals surface area contributed by atoms with E-state index in [0.29, 0.717) is 5.75 Å². The van der Waals surface area contributed by atoms with Gasteiger partial charge in [0.05, 0.1) is 7.11 Å². The van der Waals surface area contributed by atoms with Gasteiger partial charge in [0.25, 0.3) is 0 Å². The Morgan fingerprint density at radius 1 is 1.23 bits per heavy atom. The van der Waals surface area contributed by atoms with Crippen molar-refractivity contribution in [3.63, 3.8) is 0 Å². The molecule has 22 heavy (non-hydrogen) atoms. The molecule has 0 spiro atoms. The summed E-state index contributed by atoms with van der Waals surface area (Å²) in [5.41, 5.74) is 5.96. The maximum Gasteiger partial charge on any atom is 0.324 e. The van der Waals surface area contributed by atoms with Crippen molar-refractivity contribution >= 4 is 23.6 Å². The predicted molar refractivity (Wildman–Crippen MR) is 92.8 cm³/mol. The molecule has 5 nitrogen and oxygen atoms in total. The summed E-state index contributed by atoms with van der Waals surface area (Å²) >= 11 is 1.55. The molecule has 0 heterocycles. The van der Waals surface area contributed by atoms with Crippen molar-refractivity contribution in [2.24, 2.45) is 17.6 Å². The minimum absolute atomic E-state index is 0.0958. The van der Waals surface area contributed by atoms with Crippen LogP contribution in [0.15, 0.2) is 0 Å². The second kappa shape index (κ2) is 8.77. The summed E-state index contributed by atoms with van der Waals surface area (Å²) in [6.07, 6.45) is 0. The molecule has 0 aromatic heterocycles. The highest BCUT2D eigenvalue weighted by Crippen LogP contribution is 2.32. The molecule has 1 unspecified atom stereocenters. The topological polar surface area (TPSA) is 72.6 Å². The lowest BCUT2D eigenvalue weighted by Gasteiger charge is -2.33. The zero-order valence-corrected chi connectivity index (χ0v) is 16.0. The molecule has 0 bridgehead atoms. The quantitative estimate of drug-likeness (QED) is 0.689. The summed E-state index contributed by atoms with van der Waals surface area (Å²) in [6, 6.07) is -0.544. The molecular weight excluding hydrogens is 300 g/mol. The largest absolute Gasteiger partial charge is 0.468 e. The van der Waals surface area contributed by atoms with Crippen molar-refractivity contribution in [2.75, 3.05) is 19.9 Å². The highest BCUT2D eigenvalue weighted by molar-refractivity contribution is 8.00. The Morgan fingerprint density at radius 2 is 1.73 bits per heavy atom. The molecular formula is C16H32N2O3S. The summed E-state index contributed by atoms with van der Waals surface area (Å²) < 4.78 is 4.23. The summed E-state index contributed by atoms with van der Waals surface area (Å²) in [7, 11) is 3.17. The van der Waals surface area contributed by atoms with Gasteiger partial charge in [-0.25, -0.2) is 0 Å². The maximum absolute atomic E-state index is 12.6. The third-order valence-electron chi connectivity index (χ3n) is 4.08.